The van der Waals surface area contributed by atoms with Gasteiger partial charge in [-0.2, -0.15) is 5.10 Å². The van der Waals surface area contributed by atoms with E-state index in [1.165, 1.54) is 0 Å². The van der Waals surface area contributed by atoms with E-state index in [0.29, 0.717) is 23.6 Å². The molecule has 0 spiro atoms. The lowest BCUT2D eigenvalue weighted by atomic mass is 10.0. The van der Waals surface area contributed by atoms with E-state index in [4.69, 9.17) is 4.98 Å². The molecule has 1 saturated heterocycles. The molecule has 9 nitrogen and oxygen atoms in total. The minimum Gasteiger partial charge on any atom is -0.393 e. The van der Waals surface area contributed by atoms with E-state index in [1.807, 2.05) is 37.4 Å². The van der Waals surface area contributed by atoms with Crippen LogP contribution in [0.25, 0.3) is 16.8 Å². The Morgan fingerprint density at radius 3 is 2.97 bits per heavy atom. The van der Waals surface area contributed by atoms with Gasteiger partial charge in [0.05, 0.1) is 47.2 Å². The maximum atomic E-state index is 12.8. The molecule has 5 rings (SSSR count). The Balaban J connectivity index is 1.41. The summed E-state index contributed by atoms with van der Waals surface area (Å²) in [5.74, 6) is 0.449. The number of allylic oxidation sites excluding steroid dienone is 2. The number of aliphatic imine (C=N–C) groups is 1. The first-order valence-corrected chi connectivity index (χ1v) is 11.4. The van der Waals surface area contributed by atoms with Crippen LogP contribution in [0.15, 0.2) is 66.0 Å². The van der Waals surface area contributed by atoms with Gasteiger partial charge in [0.1, 0.15) is 5.82 Å². The predicted molar refractivity (Wildman–Crippen MR) is 131 cm³/mol. The average Bonchev–Trinajstić information content (AvgIpc) is 3.49. The van der Waals surface area contributed by atoms with Gasteiger partial charge in [-0.05, 0) is 44.0 Å². The maximum Gasteiger partial charge on any atom is 0.254 e. The van der Waals surface area contributed by atoms with Gasteiger partial charge in [-0.15, -0.1) is 0 Å². The van der Waals surface area contributed by atoms with Crippen molar-refractivity contribution in [1.82, 2.24) is 24.8 Å². The number of aliphatic hydroxyl groups is 1. The fourth-order valence-corrected chi connectivity index (χ4v) is 4.42. The number of rotatable bonds is 6. The molecule has 0 atom stereocenters. The molecule has 0 aromatic carbocycles. The van der Waals surface area contributed by atoms with E-state index < -0.39 is 0 Å². The molecule has 3 aromatic heterocycles. The van der Waals surface area contributed by atoms with E-state index in [1.54, 1.807) is 23.1 Å². The molecular formula is C25H27N7O2. The van der Waals surface area contributed by atoms with Crippen LogP contribution in [-0.4, -0.2) is 55.9 Å². The van der Waals surface area contributed by atoms with Gasteiger partial charge >= 0.3 is 0 Å². The van der Waals surface area contributed by atoms with Crippen LogP contribution >= 0.6 is 0 Å². The lowest BCUT2D eigenvalue weighted by molar-refractivity contribution is 0.0965. The van der Waals surface area contributed by atoms with Crippen LogP contribution in [0.4, 0.5) is 5.69 Å². The third-order valence-electron chi connectivity index (χ3n) is 6.28. The van der Waals surface area contributed by atoms with Crippen LogP contribution in [0.1, 0.15) is 35.7 Å². The zero-order valence-corrected chi connectivity index (χ0v) is 19.0. The fourth-order valence-electron chi connectivity index (χ4n) is 4.42. The number of pyridine rings is 2. The van der Waals surface area contributed by atoms with Crippen LogP contribution in [0.3, 0.4) is 0 Å². The van der Waals surface area contributed by atoms with Crippen molar-refractivity contribution >= 4 is 23.3 Å². The highest BCUT2D eigenvalue weighted by atomic mass is 16.3. The molecule has 0 aliphatic carbocycles. The second-order valence-corrected chi connectivity index (χ2v) is 8.41. The Bertz CT molecular complexity index is 1320. The van der Waals surface area contributed by atoms with Crippen molar-refractivity contribution in [2.24, 2.45) is 4.99 Å². The maximum absolute atomic E-state index is 12.8. The van der Waals surface area contributed by atoms with Gasteiger partial charge in [0.2, 0.25) is 0 Å². The molecule has 0 radical (unpaired) electrons. The summed E-state index contributed by atoms with van der Waals surface area (Å²) < 4.78 is 1.79. The van der Waals surface area contributed by atoms with Gasteiger partial charge in [0.25, 0.3) is 5.91 Å². The second kappa shape index (κ2) is 9.11. The molecule has 174 valence electrons. The second-order valence-electron chi connectivity index (χ2n) is 8.41. The van der Waals surface area contributed by atoms with Crippen LogP contribution in [0, 0.1) is 0 Å². The van der Waals surface area contributed by atoms with Gasteiger partial charge in [0, 0.05) is 42.7 Å². The number of aliphatic hydroxyl groups excluding tert-OH is 1. The number of anilines is 1. The topological polar surface area (TPSA) is 107 Å². The van der Waals surface area contributed by atoms with Crippen molar-refractivity contribution in [3.8, 4) is 11.3 Å². The molecule has 2 aliphatic rings. The van der Waals surface area contributed by atoms with Gasteiger partial charge in [-0.3, -0.25) is 9.78 Å². The van der Waals surface area contributed by atoms with Crippen molar-refractivity contribution in [3.05, 3.63) is 72.1 Å². The first kappa shape index (κ1) is 21.8. The fraction of sp³-hybridized carbons (Fsp3) is 0.280. The molecule has 3 N–H and O–H groups in total. The Labute approximate surface area is 197 Å². The number of hydrogen-bond acceptors (Lipinski definition) is 7. The summed E-state index contributed by atoms with van der Waals surface area (Å²) >= 11 is 0. The van der Waals surface area contributed by atoms with Gasteiger partial charge in [-0.1, -0.05) is 6.58 Å². The quantitative estimate of drug-likeness (QED) is 0.492. The monoisotopic (exact) mass is 457 g/mol. The summed E-state index contributed by atoms with van der Waals surface area (Å²) in [4.78, 5) is 24.1. The smallest absolute Gasteiger partial charge is 0.254 e. The zero-order valence-electron chi connectivity index (χ0n) is 19.0. The molecule has 5 heterocycles. The van der Waals surface area contributed by atoms with Crippen molar-refractivity contribution in [1.29, 1.82) is 0 Å². The SMILES string of the molecule is C=C(C=N/C(=C\C)Nc1cnc(-c2cccn3nccc23)c2c1C(=O)NC2)N1CCC(O)CC1. The number of carbonyl (C=O) groups excluding carboxylic acids is 1. The highest BCUT2D eigenvalue weighted by molar-refractivity contribution is 6.05. The number of fused-ring (bicyclic) bond motifs is 2. The van der Waals surface area contributed by atoms with Crippen molar-refractivity contribution in [3.63, 3.8) is 0 Å². The molecule has 0 bridgehead atoms. The van der Waals surface area contributed by atoms with Crippen LogP contribution < -0.4 is 10.6 Å². The summed E-state index contributed by atoms with van der Waals surface area (Å²) in [6, 6.07) is 5.84. The number of nitrogens with one attached hydrogen (secondary N) is 2. The van der Waals surface area contributed by atoms with Crippen LogP contribution in [-0.2, 0) is 6.54 Å². The predicted octanol–water partition coefficient (Wildman–Crippen LogP) is 2.95. The summed E-state index contributed by atoms with van der Waals surface area (Å²) in [5.41, 5.74) is 5.43. The first-order chi connectivity index (χ1) is 16.5. The summed E-state index contributed by atoms with van der Waals surface area (Å²) in [5, 5.41) is 20.2. The molecule has 0 saturated carbocycles. The number of likely N-dealkylation sites (tertiary alicyclic amines) is 1. The van der Waals surface area contributed by atoms with E-state index >= 15 is 0 Å². The molecule has 0 unspecified atom stereocenters. The Kier molecular flexibility index (Phi) is 5.85. The van der Waals surface area contributed by atoms with Crippen molar-refractivity contribution in [2.45, 2.75) is 32.4 Å². The van der Waals surface area contributed by atoms with Crippen molar-refractivity contribution < 1.29 is 9.90 Å². The molecule has 9 heteroatoms. The lowest BCUT2D eigenvalue weighted by Gasteiger charge is -2.31. The Hall–Kier alpha value is -3.98. The zero-order chi connectivity index (χ0) is 23.7. The lowest BCUT2D eigenvalue weighted by Crippen LogP contribution is -2.35. The molecular weight excluding hydrogens is 430 g/mol. The molecule has 1 amide bonds. The van der Waals surface area contributed by atoms with Gasteiger partial charge in [0.15, 0.2) is 0 Å². The van der Waals surface area contributed by atoms with E-state index in [0.717, 1.165) is 54.0 Å². The minimum atomic E-state index is -0.238. The molecule has 1 fully saturated rings. The molecule has 34 heavy (non-hydrogen) atoms. The minimum absolute atomic E-state index is 0.141. The Morgan fingerprint density at radius 1 is 1.35 bits per heavy atom. The van der Waals surface area contributed by atoms with E-state index in [2.05, 4.69) is 32.2 Å². The number of amides is 1. The summed E-state index contributed by atoms with van der Waals surface area (Å²) in [7, 11) is 0. The van der Waals surface area contributed by atoms with Gasteiger partial charge < -0.3 is 20.6 Å². The standard InChI is InChI=1S/C25H27N7O2/c1-3-22(26-13-16(2)31-11-7-17(33)8-12-31)30-20-15-27-24(19-14-28-25(34)23(19)20)18-5-4-10-32-21(18)6-9-29-32/h3-6,9-10,13,15,17,30,33H,2,7-8,11-12,14H2,1H3,(H,28,34)/b22-3+,26-13?. The van der Waals surface area contributed by atoms with Crippen molar-refractivity contribution in [2.75, 3.05) is 18.4 Å². The van der Waals surface area contributed by atoms with Gasteiger partial charge in [-0.25, -0.2) is 9.51 Å². The average molecular weight is 458 g/mol. The number of nitrogens with zero attached hydrogens (tertiary/aromatic N) is 5. The summed E-state index contributed by atoms with van der Waals surface area (Å²) in [6.07, 6.45) is 10.1. The van der Waals surface area contributed by atoms with E-state index in [9.17, 15) is 9.90 Å². The van der Waals surface area contributed by atoms with E-state index in [-0.39, 0.29) is 12.0 Å². The third-order valence-corrected chi connectivity index (χ3v) is 6.28. The number of carbonyl (C=O) groups is 1. The number of hydrogen-bond donors (Lipinski definition) is 3. The highest BCUT2D eigenvalue weighted by Gasteiger charge is 2.28. The highest BCUT2D eigenvalue weighted by Crippen LogP contribution is 2.34. The Morgan fingerprint density at radius 2 is 2.18 bits per heavy atom. The largest absolute Gasteiger partial charge is 0.393 e. The summed E-state index contributed by atoms with van der Waals surface area (Å²) in [6.45, 7) is 7.91. The normalized spacial score (nSPS) is 16.8. The molecule has 2 aliphatic heterocycles. The van der Waals surface area contributed by atoms with Crippen LogP contribution in [0.5, 0.6) is 0 Å². The number of aromatic nitrogens is 3. The third kappa shape index (κ3) is 4.06. The number of piperidine rings is 1. The molecule has 3 aromatic rings. The first-order valence-electron chi connectivity index (χ1n) is 11.4. The van der Waals surface area contributed by atoms with Crippen LogP contribution in [0.2, 0.25) is 0 Å².